The van der Waals surface area contributed by atoms with Crippen molar-refractivity contribution >= 4 is 24.3 Å². The summed E-state index contributed by atoms with van der Waals surface area (Å²) in [5, 5.41) is 17.9. The molecule has 0 radical (unpaired) electrons. The van der Waals surface area contributed by atoms with Gasteiger partial charge in [-0.25, -0.2) is 4.39 Å². The highest BCUT2D eigenvalue weighted by Crippen LogP contribution is 2.13. The molecule has 0 unspecified atom stereocenters. The molecule has 0 aliphatic rings. The van der Waals surface area contributed by atoms with Crippen LogP contribution in [0.4, 0.5) is 4.39 Å². The number of unbranched alkanes of at least 4 members (excludes halogenated alkanes) is 1. The first-order chi connectivity index (χ1) is 7.65. The molecule has 0 aliphatic carbocycles. The van der Waals surface area contributed by atoms with Crippen molar-refractivity contribution in [2.45, 2.75) is 25.5 Å². The Morgan fingerprint density at radius 2 is 2.12 bits per heavy atom. The lowest BCUT2D eigenvalue weighted by Gasteiger charge is -2.06. The van der Waals surface area contributed by atoms with Crippen LogP contribution in [0.15, 0.2) is 18.2 Å². The first kappa shape index (κ1) is 13.5. The number of benzene rings is 1. The van der Waals surface area contributed by atoms with Crippen LogP contribution >= 0.6 is 11.8 Å². The van der Waals surface area contributed by atoms with Crippen molar-refractivity contribution in [2.24, 2.45) is 0 Å². The highest BCUT2D eigenvalue weighted by atomic mass is 32.2. The molecule has 1 aromatic rings. The molecule has 0 fully saturated rings. The van der Waals surface area contributed by atoms with Gasteiger partial charge in [-0.2, -0.15) is 11.8 Å². The molecule has 88 valence electrons. The van der Waals surface area contributed by atoms with Gasteiger partial charge in [0.05, 0.1) is 0 Å². The Bertz CT molecular complexity index is 334. The van der Waals surface area contributed by atoms with Crippen LogP contribution in [0.1, 0.15) is 25.3 Å². The quantitative estimate of drug-likeness (QED) is 0.587. The van der Waals surface area contributed by atoms with Gasteiger partial charge in [0.1, 0.15) is 5.82 Å². The molecule has 5 heteroatoms. The van der Waals surface area contributed by atoms with Crippen molar-refractivity contribution in [3.63, 3.8) is 0 Å². The van der Waals surface area contributed by atoms with Crippen molar-refractivity contribution in [2.75, 3.05) is 5.75 Å². The SMILES string of the molecule is CCCCSCc1ccc(F)c(B(O)O)c1. The highest BCUT2D eigenvalue weighted by Gasteiger charge is 2.16. The van der Waals surface area contributed by atoms with E-state index in [0.717, 1.165) is 23.5 Å². The van der Waals surface area contributed by atoms with E-state index in [1.54, 1.807) is 17.8 Å². The monoisotopic (exact) mass is 242 g/mol. The van der Waals surface area contributed by atoms with Crippen molar-refractivity contribution in [3.8, 4) is 0 Å². The zero-order valence-electron chi connectivity index (χ0n) is 9.32. The standard InChI is InChI=1S/C11H16BFO2S/c1-2-3-6-16-8-9-4-5-11(13)10(7-9)12(14)15/h4-5,7,14-15H,2-3,6,8H2,1H3. The third kappa shape index (κ3) is 4.16. The van der Waals surface area contributed by atoms with Gasteiger partial charge in [-0.1, -0.05) is 25.5 Å². The van der Waals surface area contributed by atoms with Gasteiger partial charge in [0, 0.05) is 11.2 Å². The van der Waals surface area contributed by atoms with E-state index in [2.05, 4.69) is 6.92 Å². The Labute approximate surface area is 100 Å². The minimum Gasteiger partial charge on any atom is -0.423 e. The minimum absolute atomic E-state index is 0.0476. The Morgan fingerprint density at radius 1 is 1.38 bits per heavy atom. The lowest BCUT2D eigenvalue weighted by atomic mass is 9.79. The topological polar surface area (TPSA) is 40.5 Å². The van der Waals surface area contributed by atoms with Crippen molar-refractivity contribution in [1.29, 1.82) is 0 Å². The lowest BCUT2D eigenvalue weighted by Crippen LogP contribution is -2.33. The van der Waals surface area contributed by atoms with Crippen LogP contribution < -0.4 is 5.46 Å². The molecule has 0 aliphatic heterocycles. The molecule has 0 atom stereocenters. The lowest BCUT2D eigenvalue weighted by molar-refractivity contribution is 0.423. The maximum atomic E-state index is 13.1. The van der Waals surface area contributed by atoms with Gasteiger partial charge in [-0.05, 0) is 23.8 Å². The maximum absolute atomic E-state index is 13.1. The van der Waals surface area contributed by atoms with Gasteiger partial charge in [0.15, 0.2) is 0 Å². The molecule has 1 aromatic carbocycles. The molecular weight excluding hydrogens is 226 g/mol. The van der Waals surface area contributed by atoms with E-state index in [1.165, 1.54) is 18.6 Å². The summed E-state index contributed by atoms with van der Waals surface area (Å²) in [4.78, 5) is 0. The van der Waals surface area contributed by atoms with Gasteiger partial charge in [0.2, 0.25) is 0 Å². The zero-order chi connectivity index (χ0) is 12.0. The summed E-state index contributed by atoms with van der Waals surface area (Å²) >= 11 is 1.77. The predicted molar refractivity (Wildman–Crippen MR) is 67.3 cm³/mol. The van der Waals surface area contributed by atoms with Crippen molar-refractivity contribution in [1.82, 2.24) is 0 Å². The normalized spacial score (nSPS) is 10.5. The van der Waals surface area contributed by atoms with E-state index < -0.39 is 12.9 Å². The molecule has 1 rings (SSSR count). The second kappa shape index (κ2) is 6.94. The van der Waals surface area contributed by atoms with E-state index in [-0.39, 0.29) is 5.46 Å². The van der Waals surface area contributed by atoms with Gasteiger partial charge in [-0.15, -0.1) is 0 Å². The summed E-state index contributed by atoms with van der Waals surface area (Å²) in [7, 11) is -1.74. The van der Waals surface area contributed by atoms with Crippen LogP contribution in [0, 0.1) is 5.82 Å². The summed E-state index contributed by atoms with van der Waals surface area (Å²) in [6.45, 7) is 2.14. The van der Waals surface area contributed by atoms with Gasteiger partial charge >= 0.3 is 7.12 Å². The van der Waals surface area contributed by atoms with E-state index in [4.69, 9.17) is 10.0 Å². The highest BCUT2D eigenvalue weighted by molar-refractivity contribution is 7.98. The average molecular weight is 242 g/mol. The van der Waals surface area contributed by atoms with Crippen molar-refractivity contribution in [3.05, 3.63) is 29.6 Å². The summed E-state index contributed by atoms with van der Waals surface area (Å²) in [6.07, 6.45) is 2.33. The minimum atomic E-state index is -1.74. The summed E-state index contributed by atoms with van der Waals surface area (Å²) < 4.78 is 13.1. The third-order valence-corrected chi connectivity index (χ3v) is 3.36. The molecule has 0 heterocycles. The Hall–Kier alpha value is -0.515. The molecule has 16 heavy (non-hydrogen) atoms. The van der Waals surface area contributed by atoms with Crippen LogP contribution in [0.3, 0.4) is 0 Å². The van der Waals surface area contributed by atoms with Crippen LogP contribution in [0.25, 0.3) is 0 Å². The largest absolute Gasteiger partial charge is 0.491 e. The zero-order valence-corrected chi connectivity index (χ0v) is 10.1. The van der Waals surface area contributed by atoms with E-state index >= 15 is 0 Å². The molecule has 0 aromatic heterocycles. The van der Waals surface area contributed by atoms with Crippen LogP contribution in [-0.2, 0) is 5.75 Å². The Morgan fingerprint density at radius 3 is 2.75 bits per heavy atom. The van der Waals surface area contributed by atoms with Crippen LogP contribution in [0.5, 0.6) is 0 Å². The Kier molecular flexibility index (Phi) is 5.88. The summed E-state index contributed by atoms with van der Waals surface area (Å²) in [5.74, 6) is 1.28. The van der Waals surface area contributed by atoms with E-state index in [0.29, 0.717) is 0 Å². The fraction of sp³-hybridized carbons (Fsp3) is 0.455. The molecule has 2 N–H and O–H groups in total. The molecule has 0 amide bonds. The molecule has 0 saturated carbocycles. The average Bonchev–Trinajstić information content (AvgIpc) is 2.26. The molecule has 2 nitrogen and oxygen atoms in total. The van der Waals surface area contributed by atoms with Gasteiger partial charge < -0.3 is 10.0 Å². The fourth-order valence-corrected chi connectivity index (χ4v) is 2.37. The summed E-state index contributed by atoms with van der Waals surface area (Å²) in [5.41, 5.74) is 0.874. The first-order valence-corrected chi connectivity index (χ1v) is 6.52. The summed E-state index contributed by atoms with van der Waals surface area (Å²) in [6, 6.07) is 4.48. The predicted octanol–water partition coefficient (Wildman–Crippen LogP) is 1.54. The van der Waals surface area contributed by atoms with E-state index in [1.807, 2.05) is 0 Å². The first-order valence-electron chi connectivity index (χ1n) is 5.37. The molecule has 0 spiro atoms. The molecule has 0 bridgehead atoms. The number of halogens is 1. The second-order valence-corrected chi connectivity index (χ2v) is 4.74. The molecular formula is C11H16BFO2S. The van der Waals surface area contributed by atoms with Crippen LogP contribution in [-0.4, -0.2) is 22.9 Å². The maximum Gasteiger partial charge on any atom is 0.491 e. The number of thioether (sulfide) groups is 1. The smallest absolute Gasteiger partial charge is 0.423 e. The number of hydrogen-bond donors (Lipinski definition) is 2. The van der Waals surface area contributed by atoms with Crippen LogP contribution in [0.2, 0.25) is 0 Å². The van der Waals surface area contributed by atoms with Gasteiger partial charge in [0.25, 0.3) is 0 Å². The van der Waals surface area contributed by atoms with E-state index in [9.17, 15) is 4.39 Å². The second-order valence-electron chi connectivity index (χ2n) is 3.64. The Balaban J connectivity index is 2.57. The number of rotatable bonds is 6. The number of hydrogen-bond acceptors (Lipinski definition) is 3. The third-order valence-electron chi connectivity index (χ3n) is 2.25. The fourth-order valence-electron chi connectivity index (χ4n) is 1.32. The molecule has 0 saturated heterocycles. The van der Waals surface area contributed by atoms with Gasteiger partial charge in [-0.3, -0.25) is 0 Å². The van der Waals surface area contributed by atoms with Crippen molar-refractivity contribution < 1.29 is 14.4 Å².